The molecular formula is C11H16N4O4S. The van der Waals surface area contributed by atoms with Crippen LogP contribution < -0.4 is 5.32 Å². The second-order valence-corrected chi connectivity index (χ2v) is 5.52. The Bertz CT molecular complexity index is 481. The van der Waals surface area contributed by atoms with Crippen LogP contribution in [0.1, 0.15) is 13.3 Å². The predicted molar refractivity (Wildman–Crippen MR) is 73.4 cm³/mol. The maximum atomic E-state index is 12.0. The van der Waals surface area contributed by atoms with Crippen LogP contribution in [0.3, 0.4) is 0 Å². The van der Waals surface area contributed by atoms with E-state index in [1.54, 1.807) is 11.9 Å². The molecule has 2 rings (SSSR count). The van der Waals surface area contributed by atoms with Crippen LogP contribution in [0.2, 0.25) is 0 Å². The molecule has 9 heteroatoms. The lowest BCUT2D eigenvalue weighted by Crippen LogP contribution is -2.63. The smallest absolute Gasteiger partial charge is 0.325 e. The number of hydrogen-bond donors (Lipinski definition) is 2. The highest BCUT2D eigenvalue weighted by Crippen LogP contribution is 2.28. The fourth-order valence-electron chi connectivity index (χ4n) is 2.18. The Morgan fingerprint density at radius 3 is 2.80 bits per heavy atom. The molecule has 2 atom stereocenters. The molecule has 1 fully saturated rings. The van der Waals surface area contributed by atoms with Gasteiger partial charge >= 0.3 is 12.0 Å². The monoisotopic (exact) mass is 300 g/mol. The summed E-state index contributed by atoms with van der Waals surface area (Å²) in [5.74, 6) is -0.859. The second kappa shape index (κ2) is 5.70. The van der Waals surface area contributed by atoms with Crippen molar-refractivity contribution in [1.29, 1.82) is 0 Å². The number of carbonyl (C=O) groups excluding carboxylic acids is 2. The second-order valence-electron chi connectivity index (χ2n) is 4.45. The average molecular weight is 300 g/mol. The molecule has 2 N–H and O–H groups in total. The number of carboxylic acid groups (broad SMARTS) is 1. The molecule has 110 valence electrons. The zero-order valence-corrected chi connectivity index (χ0v) is 12.0. The van der Waals surface area contributed by atoms with Gasteiger partial charge < -0.3 is 14.9 Å². The van der Waals surface area contributed by atoms with E-state index in [0.29, 0.717) is 17.5 Å². The van der Waals surface area contributed by atoms with Crippen molar-refractivity contribution in [3.05, 3.63) is 0 Å². The largest absolute Gasteiger partial charge is 0.481 e. The van der Waals surface area contributed by atoms with E-state index in [-0.39, 0.29) is 12.3 Å². The van der Waals surface area contributed by atoms with Crippen molar-refractivity contribution in [3.63, 3.8) is 0 Å². The van der Waals surface area contributed by atoms with E-state index in [4.69, 9.17) is 5.11 Å². The number of nitrogens with one attached hydrogen (secondary N) is 1. The van der Waals surface area contributed by atoms with Gasteiger partial charge in [0.25, 0.3) is 5.91 Å². The number of carbonyl (C=O) groups is 3. The van der Waals surface area contributed by atoms with Gasteiger partial charge in [0.15, 0.2) is 17.4 Å². The van der Waals surface area contributed by atoms with E-state index >= 15 is 0 Å². The molecule has 0 aromatic heterocycles. The summed E-state index contributed by atoms with van der Waals surface area (Å²) in [5.41, 5.74) is 0. The average Bonchev–Trinajstić information content (AvgIpc) is 2.75. The predicted octanol–water partition coefficient (Wildman–Crippen LogP) is -0.238. The third-order valence-corrected chi connectivity index (χ3v) is 4.22. The number of amidine groups is 1. The first-order valence-corrected chi connectivity index (χ1v) is 7.21. The number of aliphatic imine (C=N–C) groups is 1. The number of urea groups is 1. The summed E-state index contributed by atoms with van der Waals surface area (Å²) in [4.78, 5) is 41.7. The number of aliphatic carboxylic acids is 1. The summed E-state index contributed by atoms with van der Waals surface area (Å²) in [6, 6.07) is -0.997. The Labute approximate surface area is 120 Å². The van der Waals surface area contributed by atoms with Gasteiger partial charge in [0.1, 0.15) is 0 Å². The molecule has 2 aliphatic heterocycles. The van der Waals surface area contributed by atoms with E-state index in [1.807, 2.05) is 6.92 Å². The fraction of sp³-hybridized carbons (Fsp3) is 0.636. The number of nitrogens with zero attached hydrogens (tertiary/aromatic N) is 3. The Kier molecular flexibility index (Phi) is 4.17. The van der Waals surface area contributed by atoms with Gasteiger partial charge in [-0.15, -0.1) is 0 Å². The van der Waals surface area contributed by atoms with E-state index in [0.717, 1.165) is 0 Å². The van der Waals surface area contributed by atoms with Crippen LogP contribution in [0.15, 0.2) is 4.99 Å². The lowest BCUT2D eigenvalue weighted by molar-refractivity contribution is -0.136. The summed E-state index contributed by atoms with van der Waals surface area (Å²) in [5, 5.41) is 11.6. The van der Waals surface area contributed by atoms with Crippen LogP contribution in [0, 0.1) is 0 Å². The molecule has 0 bridgehead atoms. The minimum atomic E-state index is -0.874. The van der Waals surface area contributed by atoms with Gasteiger partial charge in [0.2, 0.25) is 0 Å². The van der Waals surface area contributed by atoms with Crippen LogP contribution in [0.5, 0.6) is 0 Å². The Morgan fingerprint density at radius 2 is 2.20 bits per heavy atom. The lowest BCUT2D eigenvalue weighted by Gasteiger charge is -2.35. The molecule has 2 heterocycles. The van der Waals surface area contributed by atoms with Crippen LogP contribution in [-0.4, -0.2) is 69.5 Å². The molecule has 20 heavy (non-hydrogen) atoms. The number of likely N-dealkylation sites (N-methyl/N-ethyl adjacent to an activating group) is 2. The first-order valence-electron chi connectivity index (χ1n) is 6.22. The highest BCUT2D eigenvalue weighted by atomic mass is 32.2. The van der Waals surface area contributed by atoms with Crippen LogP contribution in [0.4, 0.5) is 4.79 Å². The standard InChI is InChI=1S/C11H16N4O4S/c1-3-15-7-8(14(2)10(19)13-9(7)18)12-11(15)20-5-4-6(16)17/h7-8H,3-5H2,1-2H3,(H,16,17)(H,13,18,19). The summed E-state index contributed by atoms with van der Waals surface area (Å²) >= 11 is 1.29. The van der Waals surface area contributed by atoms with Gasteiger partial charge in [-0.3, -0.25) is 14.9 Å². The van der Waals surface area contributed by atoms with Gasteiger partial charge in [-0.05, 0) is 6.92 Å². The number of amides is 3. The van der Waals surface area contributed by atoms with Gasteiger partial charge in [0.05, 0.1) is 6.42 Å². The van der Waals surface area contributed by atoms with Crippen LogP contribution in [0.25, 0.3) is 0 Å². The van der Waals surface area contributed by atoms with E-state index in [2.05, 4.69) is 10.3 Å². The van der Waals surface area contributed by atoms with Crippen LogP contribution >= 0.6 is 11.8 Å². The summed E-state index contributed by atoms with van der Waals surface area (Å²) in [6.07, 6.45) is -0.513. The zero-order chi connectivity index (χ0) is 14.9. The SMILES string of the molecule is CCN1C(SCCC(=O)O)=NC2C1C(=O)NC(=O)N2C. The number of imide groups is 1. The molecule has 0 spiro atoms. The molecule has 0 saturated carbocycles. The number of fused-ring (bicyclic) bond motifs is 1. The topological polar surface area (TPSA) is 102 Å². The maximum Gasteiger partial charge on any atom is 0.325 e. The minimum absolute atomic E-state index is 0.0253. The molecule has 3 amide bonds. The molecule has 1 saturated heterocycles. The molecule has 0 aromatic rings. The van der Waals surface area contributed by atoms with Gasteiger partial charge in [0, 0.05) is 19.3 Å². The molecule has 8 nitrogen and oxygen atoms in total. The van der Waals surface area contributed by atoms with Crippen molar-refractivity contribution in [1.82, 2.24) is 15.1 Å². The molecule has 2 unspecified atom stereocenters. The third-order valence-electron chi connectivity index (χ3n) is 3.21. The van der Waals surface area contributed by atoms with Crippen molar-refractivity contribution in [2.75, 3.05) is 19.3 Å². The summed E-state index contributed by atoms with van der Waals surface area (Å²) in [7, 11) is 1.58. The fourth-order valence-corrected chi connectivity index (χ4v) is 3.23. The van der Waals surface area contributed by atoms with Crippen molar-refractivity contribution in [2.45, 2.75) is 25.6 Å². The Balaban J connectivity index is 2.14. The molecule has 0 aromatic carbocycles. The van der Waals surface area contributed by atoms with Crippen molar-refractivity contribution in [2.24, 2.45) is 4.99 Å². The van der Waals surface area contributed by atoms with E-state index in [1.165, 1.54) is 16.7 Å². The maximum absolute atomic E-state index is 12.0. The highest BCUT2D eigenvalue weighted by Gasteiger charge is 2.47. The number of carboxylic acids is 1. The zero-order valence-electron chi connectivity index (χ0n) is 11.2. The van der Waals surface area contributed by atoms with Crippen LogP contribution in [-0.2, 0) is 9.59 Å². The first-order chi connectivity index (χ1) is 9.45. The quantitative estimate of drug-likeness (QED) is 0.743. The lowest BCUT2D eigenvalue weighted by atomic mass is 10.1. The summed E-state index contributed by atoms with van der Waals surface area (Å²) in [6.45, 7) is 2.45. The molecule has 0 aliphatic carbocycles. The first kappa shape index (κ1) is 14.6. The minimum Gasteiger partial charge on any atom is -0.481 e. The number of hydrogen-bond acceptors (Lipinski definition) is 6. The van der Waals surface area contributed by atoms with Crippen molar-refractivity contribution < 1.29 is 19.5 Å². The van der Waals surface area contributed by atoms with Gasteiger partial charge in [-0.1, -0.05) is 11.8 Å². The van der Waals surface area contributed by atoms with Gasteiger partial charge in [-0.2, -0.15) is 0 Å². The normalized spacial score (nSPS) is 25.4. The highest BCUT2D eigenvalue weighted by molar-refractivity contribution is 8.13. The van der Waals surface area contributed by atoms with Crippen molar-refractivity contribution in [3.8, 4) is 0 Å². The Morgan fingerprint density at radius 1 is 1.50 bits per heavy atom. The van der Waals surface area contributed by atoms with E-state index in [9.17, 15) is 14.4 Å². The molecule has 0 radical (unpaired) electrons. The number of thioether (sulfide) groups is 1. The molecule has 2 aliphatic rings. The van der Waals surface area contributed by atoms with Crippen molar-refractivity contribution >= 4 is 34.8 Å². The Hall–Kier alpha value is -1.77. The third kappa shape index (κ3) is 2.58. The molecular weight excluding hydrogens is 284 g/mol. The number of rotatable bonds is 4. The van der Waals surface area contributed by atoms with Gasteiger partial charge in [-0.25, -0.2) is 9.79 Å². The van der Waals surface area contributed by atoms with E-state index < -0.39 is 24.2 Å². The summed E-state index contributed by atoms with van der Waals surface area (Å²) < 4.78 is 0.